The van der Waals surface area contributed by atoms with Crippen LogP contribution in [0, 0.1) is 0 Å². The maximum absolute atomic E-state index is 8.75. The lowest BCUT2D eigenvalue weighted by molar-refractivity contribution is 0.426. The average molecular weight is 152 g/mol. The van der Waals surface area contributed by atoms with Gasteiger partial charge in [-0.1, -0.05) is 0 Å². The Morgan fingerprint density at radius 3 is 2.27 bits per heavy atom. The van der Waals surface area contributed by atoms with Crippen LogP contribution in [-0.2, 0) is 0 Å². The fourth-order valence-corrected chi connectivity index (χ4v) is 0.817. The molecule has 4 nitrogen and oxygen atoms in total. The van der Waals surface area contributed by atoms with E-state index in [1.54, 1.807) is 6.07 Å². The van der Waals surface area contributed by atoms with Crippen molar-refractivity contribution in [3.8, 4) is 0 Å². The summed E-state index contributed by atoms with van der Waals surface area (Å²) in [5.41, 5.74) is 11.8. The van der Waals surface area contributed by atoms with Crippen LogP contribution in [0.3, 0.4) is 0 Å². The Hall–Kier alpha value is -1.20. The van der Waals surface area contributed by atoms with Crippen LogP contribution in [0.2, 0.25) is 0 Å². The van der Waals surface area contributed by atoms with E-state index in [0.717, 1.165) is 0 Å². The van der Waals surface area contributed by atoms with Crippen LogP contribution in [0.5, 0.6) is 0 Å². The van der Waals surface area contributed by atoms with E-state index in [4.69, 9.17) is 21.5 Å². The van der Waals surface area contributed by atoms with Gasteiger partial charge in [-0.25, -0.2) is 0 Å². The average Bonchev–Trinajstić information content (AvgIpc) is 1.94. The fraction of sp³-hybridized carbons (Fsp3) is 0. The molecule has 0 atom stereocenters. The third kappa shape index (κ3) is 1.63. The largest absolute Gasteiger partial charge is 0.490 e. The molecule has 0 amide bonds. The van der Waals surface area contributed by atoms with Crippen LogP contribution in [0.15, 0.2) is 18.2 Å². The monoisotopic (exact) mass is 152 g/mol. The third-order valence-electron chi connectivity index (χ3n) is 1.39. The summed E-state index contributed by atoms with van der Waals surface area (Å²) < 4.78 is 0. The van der Waals surface area contributed by atoms with Crippen molar-refractivity contribution in [2.45, 2.75) is 0 Å². The number of nitrogen functional groups attached to an aromatic ring is 2. The van der Waals surface area contributed by atoms with E-state index in [1.807, 2.05) is 0 Å². The highest BCUT2D eigenvalue weighted by Crippen LogP contribution is 2.04. The summed E-state index contributed by atoms with van der Waals surface area (Å²) in [7, 11) is -1.56. The van der Waals surface area contributed by atoms with Gasteiger partial charge in [0.25, 0.3) is 0 Å². The van der Waals surface area contributed by atoms with Crippen molar-refractivity contribution >= 4 is 24.0 Å². The zero-order chi connectivity index (χ0) is 8.43. The Kier molecular flexibility index (Phi) is 2.02. The van der Waals surface area contributed by atoms with E-state index in [0.29, 0.717) is 11.4 Å². The Labute approximate surface area is 64.6 Å². The number of anilines is 2. The zero-order valence-electron chi connectivity index (χ0n) is 5.86. The number of hydrogen-bond acceptors (Lipinski definition) is 4. The van der Waals surface area contributed by atoms with Gasteiger partial charge in [0.15, 0.2) is 0 Å². The van der Waals surface area contributed by atoms with Crippen molar-refractivity contribution in [1.29, 1.82) is 0 Å². The predicted octanol–water partition coefficient (Wildman–Crippen LogP) is -1.47. The number of benzene rings is 1. The van der Waals surface area contributed by atoms with Gasteiger partial charge in [0.05, 0.1) is 0 Å². The standard InChI is InChI=1S/C6H9BN2O2/c8-4-1-2-6(9)5(3-4)7(10)11/h1-3,10-11H,8-9H2. The Bertz CT molecular complexity index is 265. The molecule has 0 heterocycles. The van der Waals surface area contributed by atoms with E-state index in [-0.39, 0.29) is 5.46 Å². The lowest BCUT2D eigenvalue weighted by Crippen LogP contribution is -2.32. The minimum atomic E-state index is -1.56. The van der Waals surface area contributed by atoms with Crippen LogP contribution >= 0.6 is 0 Å². The second-order valence-electron chi connectivity index (χ2n) is 2.26. The summed E-state index contributed by atoms with van der Waals surface area (Å²) in [6.07, 6.45) is 0. The molecule has 0 aromatic heterocycles. The molecule has 0 saturated heterocycles. The highest BCUT2D eigenvalue weighted by atomic mass is 16.4. The molecule has 0 aliphatic rings. The fourth-order valence-electron chi connectivity index (χ4n) is 0.817. The van der Waals surface area contributed by atoms with Crippen molar-refractivity contribution < 1.29 is 10.0 Å². The highest BCUT2D eigenvalue weighted by molar-refractivity contribution is 6.60. The summed E-state index contributed by atoms with van der Waals surface area (Å²) in [6, 6.07) is 4.56. The van der Waals surface area contributed by atoms with Crippen LogP contribution in [-0.4, -0.2) is 17.2 Å². The second kappa shape index (κ2) is 2.81. The quantitative estimate of drug-likeness (QED) is 0.292. The van der Waals surface area contributed by atoms with Gasteiger partial charge in [-0.3, -0.25) is 0 Å². The normalized spacial score (nSPS) is 9.64. The van der Waals surface area contributed by atoms with E-state index >= 15 is 0 Å². The molecule has 0 bridgehead atoms. The number of nitrogens with two attached hydrogens (primary N) is 2. The summed E-state index contributed by atoms with van der Waals surface area (Å²) in [6.45, 7) is 0. The first-order valence-electron chi connectivity index (χ1n) is 3.12. The van der Waals surface area contributed by atoms with E-state index in [9.17, 15) is 0 Å². The molecule has 11 heavy (non-hydrogen) atoms. The highest BCUT2D eigenvalue weighted by Gasteiger charge is 2.13. The van der Waals surface area contributed by atoms with E-state index < -0.39 is 7.12 Å². The van der Waals surface area contributed by atoms with Gasteiger partial charge < -0.3 is 21.5 Å². The van der Waals surface area contributed by atoms with Gasteiger partial charge in [0.2, 0.25) is 0 Å². The zero-order valence-corrected chi connectivity index (χ0v) is 5.86. The van der Waals surface area contributed by atoms with Crippen LogP contribution in [0.4, 0.5) is 11.4 Å². The van der Waals surface area contributed by atoms with Gasteiger partial charge in [-0.15, -0.1) is 0 Å². The molecule has 0 saturated carbocycles. The third-order valence-corrected chi connectivity index (χ3v) is 1.39. The van der Waals surface area contributed by atoms with Crippen molar-refractivity contribution in [1.82, 2.24) is 0 Å². The minimum Gasteiger partial charge on any atom is -0.423 e. The van der Waals surface area contributed by atoms with Gasteiger partial charge in [0, 0.05) is 16.8 Å². The van der Waals surface area contributed by atoms with Crippen molar-refractivity contribution in [2.75, 3.05) is 11.5 Å². The van der Waals surface area contributed by atoms with E-state index in [2.05, 4.69) is 0 Å². The van der Waals surface area contributed by atoms with Gasteiger partial charge in [0.1, 0.15) is 0 Å². The Morgan fingerprint density at radius 1 is 1.18 bits per heavy atom. The minimum absolute atomic E-state index is 0.241. The van der Waals surface area contributed by atoms with Crippen molar-refractivity contribution in [3.05, 3.63) is 18.2 Å². The molecule has 58 valence electrons. The van der Waals surface area contributed by atoms with Crippen LogP contribution < -0.4 is 16.9 Å². The number of rotatable bonds is 1. The molecule has 1 aromatic rings. The first kappa shape index (κ1) is 7.91. The lowest BCUT2D eigenvalue weighted by atomic mass is 9.79. The summed E-state index contributed by atoms with van der Waals surface area (Å²) in [5, 5.41) is 17.5. The predicted molar refractivity (Wildman–Crippen MR) is 45.1 cm³/mol. The van der Waals surface area contributed by atoms with Gasteiger partial charge in [-0.2, -0.15) is 0 Å². The molecule has 0 spiro atoms. The van der Waals surface area contributed by atoms with Crippen LogP contribution in [0.25, 0.3) is 0 Å². The summed E-state index contributed by atoms with van der Waals surface area (Å²) in [4.78, 5) is 0. The van der Waals surface area contributed by atoms with Gasteiger partial charge >= 0.3 is 7.12 Å². The smallest absolute Gasteiger partial charge is 0.423 e. The molecular weight excluding hydrogens is 143 g/mol. The molecule has 1 aromatic carbocycles. The molecule has 0 aliphatic heterocycles. The van der Waals surface area contributed by atoms with Crippen molar-refractivity contribution in [2.24, 2.45) is 0 Å². The van der Waals surface area contributed by atoms with E-state index in [1.165, 1.54) is 12.1 Å². The maximum atomic E-state index is 8.75. The topological polar surface area (TPSA) is 92.5 Å². The molecule has 5 heteroatoms. The lowest BCUT2D eigenvalue weighted by Gasteiger charge is -2.04. The summed E-state index contributed by atoms with van der Waals surface area (Å²) >= 11 is 0. The number of hydrogen-bond donors (Lipinski definition) is 4. The molecule has 0 radical (unpaired) electrons. The molecule has 1 rings (SSSR count). The molecular formula is C6H9BN2O2. The van der Waals surface area contributed by atoms with Gasteiger partial charge in [-0.05, 0) is 18.2 Å². The SMILES string of the molecule is Nc1ccc(N)c(B(O)O)c1. The molecule has 6 N–H and O–H groups in total. The second-order valence-corrected chi connectivity index (χ2v) is 2.26. The molecule has 0 aliphatic carbocycles. The summed E-state index contributed by atoms with van der Waals surface area (Å²) in [5.74, 6) is 0. The van der Waals surface area contributed by atoms with Crippen LogP contribution in [0.1, 0.15) is 0 Å². The molecule has 0 unspecified atom stereocenters. The first-order valence-corrected chi connectivity index (χ1v) is 3.12. The maximum Gasteiger partial charge on any atom is 0.490 e. The Balaban J connectivity index is 3.13. The van der Waals surface area contributed by atoms with Crippen molar-refractivity contribution in [3.63, 3.8) is 0 Å². The first-order chi connectivity index (χ1) is 5.11. The molecule has 0 fully saturated rings. The Morgan fingerprint density at radius 2 is 1.82 bits per heavy atom.